The highest BCUT2D eigenvalue weighted by atomic mass is 16.5. The van der Waals surface area contributed by atoms with Crippen LogP contribution in [0.1, 0.15) is 76.7 Å². The number of ether oxygens (including phenoxy) is 1. The average Bonchev–Trinajstić information content (AvgIpc) is 3.17. The van der Waals surface area contributed by atoms with E-state index in [4.69, 9.17) is 9.72 Å². The molecule has 0 aliphatic heterocycles. The molecular formula is C33H41N3O. The summed E-state index contributed by atoms with van der Waals surface area (Å²) in [6.45, 7) is 20.1. The third-order valence-electron chi connectivity index (χ3n) is 7.49. The van der Waals surface area contributed by atoms with E-state index in [1.165, 1.54) is 11.1 Å². The molecule has 0 N–H and O–H groups in total. The molecule has 0 spiro atoms. The number of pyridine rings is 1. The minimum Gasteiger partial charge on any atom is -0.457 e. The zero-order chi connectivity index (χ0) is 27.0. The Balaban J connectivity index is 1.76. The minimum absolute atomic E-state index is 0.0544. The molecule has 0 unspecified atom stereocenters. The van der Waals surface area contributed by atoms with Gasteiger partial charge in [-0.3, -0.25) is 4.98 Å². The van der Waals surface area contributed by atoms with Gasteiger partial charge in [0.25, 0.3) is 0 Å². The summed E-state index contributed by atoms with van der Waals surface area (Å²) in [5.41, 5.74) is 6.53. The summed E-state index contributed by atoms with van der Waals surface area (Å²) >= 11 is 0. The van der Waals surface area contributed by atoms with Crippen LogP contribution in [0.2, 0.25) is 0 Å². The maximum atomic E-state index is 6.43. The van der Waals surface area contributed by atoms with Crippen molar-refractivity contribution in [3.05, 3.63) is 101 Å². The van der Waals surface area contributed by atoms with Crippen molar-refractivity contribution < 1.29 is 4.74 Å². The van der Waals surface area contributed by atoms with Gasteiger partial charge in [0.15, 0.2) is 0 Å². The number of rotatable bonds is 7. The lowest BCUT2D eigenvalue weighted by Gasteiger charge is -2.42. The van der Waals surface area contributed by atoms with Crippen molar-refractivity contribution in [2.75, 3.05) is 0 Å². The van der Waals surface area contributed by atoms with Crippen LogP contribution in [0.5, 0.6) is 11.5 Å². The van der Waals surface area contributed by atoms with Crippen molar-refractivity contribution in [2.24, 2.45) is 11.8 Å². The summed E-state index contributed by atoms with van der Waals surface area (Å²) in [5, 5.41) is 4.63. The van der Waals surface area contributed by atoms with Crippen LogP contribution in [0.25, 0.3) is 5.69 Å². The smallest absolute Gasteiger partial charge is 0.129 e. The first-order valence-electron chi connectivity index (χ1n) is 13.3. The topological polar surface area (TPSA) is 39.9 Å². The number of aryl methyl sites for hydroxylation is 2. The van der Waals surface area contributed by atoms with Crippen molar-refractivity contribution in [2.45, 2.75) is 73.1 Å². The lowest BCUT2D eigenvalue weighted by atomic mass is 9.62. The number of benzene rings is 2. The maximum Gasteiger partial charge on any atom is 0.129 e. The molecule has 0 atom stereocenters. The summed E-state index contributed by atoms with van der Waals surface area (Å²) in [5.74, 6) is 2.27. The van der Waals surface area contributed by atoms with Crippen molar-refractivity contribution in [3.8, 4) is 17.2 Å². The Morgan fingerprint density at radius 3 is 2.00 bits per heavy atom. The van der Waals surface area contributed by atoms with E-state index in [0.29, 0.717) is 11.8 Å². The van der Waals surface area contributed by atoms with Gasteiger partial charge < -0.3 is 4.74 Å². The van der Waals surface area contributed by atoms with Gasteiger partial charge in [-0.05, 0) is 84.7 Å². The van der Waals surface area contributed by atoms with E-state index in [-0.39, 0.29) is 10.8 Å². The molecule has 194 valence electrons. The Morgan fingerprint density at radius 1 is 0.757 bits per heavy atom. The fourth-order valence-electron chi connectivity index (χ4n) is 5.72. The molecule has 37 heavy (non-hydrogen) atoms. The molecule has 0 saturated heterocycles. The van der Waals surface area contributed by atoms with E-state index < -0.39 is 0 Å². The Hall–Kier alpha value is -3.40. The predicted octanol–water partition coefficient (Wildman–Crippen LogP) is 8.57. The third kappa shape index (κ3) is 5.20. The van der Waals surface area contributed by atoms with E-state index in [1.54, 1.807) is 0 Å². The van der Waals surface area contributed by atoms with Crippen LogP contribution in [0.15, 0.2) is 72.9 Å². The molecule has 0 aliphatic carbocycles. The lowest BCUT2D eigenvalue weighted by Crippen LogP contribution is -2.40. The van der Waals surface area contributed by atoms with Gasteiger partial charge in [0.1, 0.15) is 11.5 Å². The summed E-state index contributed by atoms with van der Waals surface area (Å²) < 4.78 is 8.39. The molecule has 2 heterocycles. The molecule has 0 aliphatic rings. The van der Waals surface area contributed by atoms with E-state index in [1.807, 2.05) is 42.1 Å². The van der Waals surface area contributed by atoms with Gasteiger partial charge >= 0.3 is 0 Å². The molecule has 2 aromatic heterocycles. The highest BCUT2D eigenvalue weighted by Crippen LogP contribution is 2.46. The zero-order valence-corrected chi connectivity index (χ0v) is 23.8. The number of nitrogens with zero attached hydrogens (tertiary/aromatic N) is 3. The van der Waals surface area contributed by atoms with Crippen LogP contribution < -0.4 is 4.74 Å². The first-order chi connectivity index (χ1) is 17.4. The molecule has 4 rings (SSSR count). The van der Waals surface area contributed by atoms with Gasteiger partial charge in [0.05, 0.1) is 17.1 Å². The molecular weight excluding hydrogens is 454 g/mol. The largest absolute Gasteiger partial charge is 0.457 e. The first kappa shape index (κ1) is 26.7. The van der Waals surface area contributed by atoms with Gasteiger partial charge in [-0.15, -0.1) is 0 Å². The van der Waals surface area contributed by atoms with Gasteiger partial charge in [0, 0.05) is 23.4 Å². The Kier molecular flexibility index (Phi) is 7.32. The van der Waals surface area contributed by atoms with Gasteiger partial charge in [-0.2, -0.15) is 5.10 Å². The standard InChI is InChI=1S/C33H41N3O/c1-22(2)33(23(3)4,31-20-26(16-17-34-31)32(7,8)9)27-12-10-14-29(19-27)37-30-15-11-13-28(21-30)36-25(6)18-24(5)35-36/h10-23H,1-9H3. The van der Waals surface area contributed by atoms with Crippen molar-refractivity contribution >= 4 is 0 Å². The Bertz CT molecular complexity index is 1370. The van der Waals surface area contributed by atoms with Crippen LogP contribution in [0.4, 0.5) is 0 Å². The monoisotopic (exact) mass is 495 g/mol. The van der Waals surface area contributed by atoms with Crippen LogP contribution in [0.3, 0.4) is 0 Å². The SMILES string of the molecule is Cc1cc(C)n(-c2cccc(Oc3cccc(C(c4cc(C(C)(C)C)ccn4)(C(C)C)C(C)C)c3)c2)n1. The molecule has 2 aromatic carbocycles. The first-order valence-corrected chi connectivity index (χ1v) is 13.3. The Morgan fingerprint density at radius 2 is 1.41 bits per heavy atom. The van der Waals surface area contributed by atoms with E-state index >= 15 is 0 Å². The number of hydrogen-bond donors (Lipinski definition) is 0. The zero-order valence-electron chi connectivity index (χ0n) is 23.8. The quantitative estimate of drug-likeness (QED) is 0.258. The summed E-state index contributed by atoms with van der Waals surface area (Å²) in [4.78, 5) is 4.96. The molecule has 0 amide bonds. The summed E-state index contributed by atoms with van der Waals surface area (Å²) in [7, 11) is 0. The van der Waals surface area contributed by atoms with Crippen molar-refractivity contribution in [1.29, 1.82) is 0 Å². The highest BCUT2D eigenvalue weighted by Gasteiger charge is 2.42. The van der Waals surface area contributed by atoms with Gasteiger partial charge in [-0.1, -0.05) is 66.7 Å². The normalized spacial score (nSPS) is 12.4. The lowest BCUT2D eigenvalue weighted by molar-refractivity contribution is 0.265. The van der Waals surface area contributed by atoms with E-state index in [2.05, 4.69) is 103 Å². The van der Waals surface area contributed by atoms with E-state index in [0.717, 1.165) is 34.3 Å². The van der Waals surface area contributed by atoms with E-state index in [9.17, 15) is 0 Å². The Labute approximate surface area is 222 Å². The van der Waals surface area contributed by atoms with Crippen molar-refractivity contribution in [1.82, 2.24) is 14.8 Å². The molecule has 0 bridgehead atoms. The highest BCUT2D eigenvalue weighted by molar-refractivity contribution is 5.46. The van der Waals surface area contributed by atoms with Crippen LogP contribution in [0, 0.1) is 25.7 Å². The molecule has 0 fully saturated rings. The van der Waals surface area contributed by atoms with Crippen LogP contribution in [-0.2, 0) is 10.8 Å². The molecule has 4 nitrogen and oxygen atoms in total. The molecule has 0 radical (unpaired) electrons. The molecule has 4 heteroatoms. The van der Waals surface area contributed by atoms with Crippen LogP contribution >= 0.6 is 0 Å². The number of hydrogen-bond acceptors (Lipinski definition) is 3. The van der Waals surface area contributed by atoms with Gasteiger partial charge in [-0.25, -0.2) is 4.68 Å². The average molecular weight is 496 g/mol. The summed E-state index contributed by atoms with van der Waals surface area (Å²) in [6.07, 6.45) is 1.97. The van der Waals surface area contributed by atoms with Gasteiger partial charge in [0.2, 0.25) is 0 Å². The fraction of sp³-hybridized carbons (Fsp3) is 0.394. The second-order valence-electron chi connectivity index (χ2n) is 11.8. The minimum atomic E-state index is -0.258. The number of aromatic nitrogens is 3. The summed E-state index contributed by atoms with van der Waals surface area (Å²) in [6, 6.07) is 23.2. The van der Waals surface area contributed by atoms with Crippen LogP contribution in [-0.4, -0.2) is 14.8 Å². The van der Waals surface area contributed by atoms with Crippen molar-refractivity contribution in [3.63, 3.8) is 0 Å². The fourth-order valence-corrected chi connectivity index (χ4v) is 5.72. The molecule has 4 aromatic rings. The second kappa shape index (κ2) is 10.2. The maximum absolute atomic E-state index is 6.43. The predicted molar refractivity (Wildman–Crippen MR) is 153 cm³/mol. The second-order valence-corrected chi connectivity index (χ2v) is 11.8. The third-order valence-corrected chi connectivity index (χ3v) is 7.49. The molecule has 0 saturated carbocycles.